The lowest BCUT2D eigenvalue weighted by atomic mass is 9.77. The molecule has 1 aromatic rings. The summed E-state index contributed by atoms with van der Waals surface area (Å²) < 4.78 is 5.68. The molecule has 364 valence electrons. The van der Waals surface area contributed by atoms with E-state index in [1.54, 1.807) is 24.3 Å². The zero-order chi connectivity index (χ0) is 48.0. The molecular formula is C46H65N11O9S. The molecule has 6 atom stereocenters. The Morgan fingerprint density at radius 3 is 2.39 bits per heavy atom. The minimum atomic E-state index is -0.872. The van der Waals surface area contributed by atoms with Gasteiger partial charge < -0.3 is 42.0 Å². The van der Waals surface area contributed by atoms with E-state index in [4.69, 9.17) is 10.3 Å². The summed E-state index contributed by atoms with van der Waals surface area (Å²) in [5, 5.41) is 24.3. The molecule has 1 aromatic carbocycles. The molecule has 2 saturated heterocycles. The van der Waals surface area contributed by atoms with Crippen molar-refractivity contribution in [2.75, 3.05) is 38.5 Å². The summed E-state index contributed by atoms with van der Waals surface area (Å²) in [6.07, 6.45) is 13.7. The van der Waals surface area contributed by atoms with Gasteiger partial charge in [-0.3, -0.25) is 33.7 Å². The standard InChI is InChI=1S/C46H65N11O9S/c1-46(23-7-5-12-33(22-24-46)66-45(65)51-26-8-2-10-29-57-38(59)20-21-39(57)60)43(63)52-34(13-6-9-25-49-41(61)31-16-18-32(19-17-31)55-56-47)42(62)50-28-11-27-48-37(58)15-4-3-14-36-40-35(30-67-36)53-44(64)54-40/h5,12,16-21,33-36,40H,2-4,6-11,13-15,22-30H2,1H3,(H,48,58)(H,49,61)(H,50,62)(H,51,65)(H,52,63)(H2,53,54,64)/b12-5+. The number of carbonyl (C=O) groups excluding carboxylic acids is 8. The number of ether oxygens (including phenoxy) is 1. The number of hydrogen-bond donors (Lipinski definition) is 7. The number of amides is 9. The third-order valence-electron chi connectivity index (χ3n) is 12.4. The summed E-state index contributed by atoms with van der Waals surface area (Å²) in [7, 11) is 0. The second kappa shape index (κ2) is 26.9. The fourth-order valence-corrected chi connectivity index (χ4v) is 9.92. The zero-order valence-corrected chi connectivity index (χ0v) is 39.0. The molecule has 9 amide bonds. The maximum absolute atomic E-state index is 14.0. The Morgan fingerprint density at radius 1 is 0.881 bits per heavy atom. The zero-order valence-electron chi connectivity index (χ0n) is 38.2. The lowest BCUT2D eigenvalue weighted by Crippen LogP contribution is -2.51. The van der Waals surface area contributed by atoms with Crippen molar-refractivity contribution in [2.45, 2.75) is 133 Å². The number of hydrogen-bond acceptors (Lipinski definition) is 11. The Labute approximate surface area is 395 Å². The highest BCUT2D eigenvalue weighted by molar-refractivity contribution is 8.00. The monoisotopic (exact) mass is 947 g/mol. The van der Waals surface area contributed by atoms with E-state index < -0.39 is 23.7 Å². The molecule has 0 spiro atoms. The third kappa shape index (κ3) is 16.9. The van der Waals surface area contributed by atoms with Crippen molar-refractivity contribution in [3.05, 3.63) is 64.6 Å². The second-order valence-corrected chi connectivity index (χ2v) is 18.8. The van der Waals surface area contributed by atoms with Crippen LogP contribution in [0.4, 0.5) is 15.3 Å². The molecule has 0 saturated carbocycles. The van der Waals surface area contributed by atoms with Crippen LogP contribution in [0.15, 0.2) is 53.7 Å². The molecule has 20 nitrogen and oxygen atoms in total. The molecule has 67 heavy (non-hydrogen) atoms. The van der Waals surface area contributed by atoms with Crippen LogP contribution in [0.5, 0.6) is 0 Å². The van der Waals surface area contributed by atoms with Gasteiger partial charge in [0.1, 0.15) is 12.1 Å². The van der Waals surface area contributed by atoms with Crippen molar-refractivity contribution in [2.24, 2.45) is 10.5 Å². The van der Waals surface area contributed by atoms with Crippen LogP contribution < -0.4 is 37.2 Å². The van der Waals surface area contributed by atoms with Gasteiger partial charge in [0.15, 0.2) is 0 Å². The van der Waals surface area contributed by atoms with Gasteiger partial charge >= 0.3 is 12.1 Å². The van der Waals surface area contributed by atoms with Crippen LogP contribution in [0.25, 0.3) is 10.4 Å². The summed E-state index contributed by atoms with van der Waals surface area (Å²) >= 11 is 1.85. The van der Waals surface area contributed by atoms with Gasteiger partial charge in [-0.1, -0.05) is 36.7 Å². The Morgan fingerprint density at radius 2 is 1.61 bits per heavy atom. The van der Waals surface area contributed by atoms with Crippen LogP contribution in [-0.2, 0) is 28.7 Å². The summed E-state index contributed by atoms with van der Waals surface area (Å²) in [5.41, 5.74) is 8.55. The molecule has 3 aliphatic heterocycles. The van der Waals surface area contributed by atoms with Gasteiger partial charge in [0.2, 0.25) is 17.7 Å². The van der Waals surface area contributed by atoms with Gasteiger partial charge in [0.25, 0.3) is 17.7 Å². The summed E-state index contributed by atoms with van der Waals surface area (Å²) in [6, 6.07) is 5.57. The molecule has 1 aliphatic carbocycles. The number of benzene rings is 1. The molecule has 0 radical (unpaired) electrons. The predicted octanol–water partition coefficient (Wildman–Crippen LogP) is 4.69. The van der Waals surface area contributed by atoms with Crippen LogP contribution in [0.3, 0.4) is 0 Å². The van der Waals surface area contributed by atoms with E-state index in [0.29, 0.717) is 120 Å². The first-order valence-electron chi connectivity index (χ1n) is 23.5. The van der Waals surface area contributed by atoms with E-state index in [2.05, 4.69) is 47.2 Å². The van der Waals surface area contributed by atoms with Crippen molar-refractivity contribution in [1.82, 2.24) is 42.1 Å². The lowest BCUT2D eigenvalue weighted by molar-refractivity contribution is -0.137. The van der Waals surface area contributed by atoms with E-state index in [-0.39, 0.29) is 60.1 Å². The van der Waals surface area contributed by atoms with Gasteiger partial charge in [-0.2, -0.15) is 11.8 Å². The molecule has 0 aromatic heterocycles. The average Bonchev–Trinajstić information content (AvgIpc) is 3.97. The molecule has 21 heteroatoms. The maximum atomic E-state index is 14.0. The molecule has 5 rings (SSSR count). The molecule has 3 heterocycles. The Hall–Kier alpha value is -6.08. The normalized spacial score (nSPS) is 22.8. The van der Waals surface area contributed by atoms with Crippen molar-refractivity contribution in [3.63, 3.8) is 0 Å². The number of rotatable bonds is 26. The number of fused-ring (bicyclic) bond motifs is 1. The highest BCUT2D eigenvalue weighted by Gasteiger charge is 2.42. The second-order valence-electron chi connectivity index (χ2n) is 17.5. The van der Waals surface area contributed by atoms with E-state index in [0.717, 1.165) is 25.0 Å². The van der Waals surface area contributed by atoms with Gasteiger partial charge in [-0.25, -0.2) is 9.59 Å². The van der Waals surface area contributed by atoms with E-state index >= 15 is 0 Å². The predicted molar refractivity (Wildman–Crippen MR) is 252 cm³/mol. The molecule has 2 fully saturated rings. The minimum Gasteiger partial charge on any atom is -0.442 e. The number of allylic oxidation sites excluding steroid dienone is 1. The fraction of sp³-hybridized carbons (Fsp3) is 0.609. The SMILES string of the molecule is CC1(C(=O)NC(CCCCNC(=O)c2ccc(N=[N+]=[N-])cc2)C(=O)NCCCNC(=O)CCCCC2SCC3NC(=O)NC32)CC/C=C/C(OC(=O)NCCCCCN2C(=O)C=CC2=O)CC1. The molecular weight excluding hydrogens is 883 g/mol. The quantitative estimate of drug-likeness (QED) is 0.0128. The average molecular weight is 948 g/mol. The summed E-state index contributed by atoms with van der Waals surface area (Å²) in [4.78, 5) is 105. The number of imide groups is 1. The Balaban J connectivity index is 1.04. The largest absolute Gasteiger partial charge is 0.442 e. The molecule has 4 aliphatic rings. The number of nitrogens with one attached hydrogen (secondary N) is 7. The number of azide groups is 1. The third-order valence-corrected chi connectivity index (χ3v) is 13.9. The highest BCUT2D eigenvalue weighted by atomic mass is 32.2. The number of carbonyl (C=O) groups is 8. The lowest BCUT2D eigenvalue weighted by Gasteiger charge is -2.32. The van der Waals surface area contributed by atoms with Crippen LogP contribution >= 0.6 is 11.8 Å². The maximum Gasteiger partial charge on any atom is 0.407 e. The number of unbranched alkanes of at least 4 members (excludes halogenated alkanes) is 4. The van der Waals surface area contributed by atoms with Crippen molar-refractivity contribution >= 4 is 65.0 Å². The number of thioether (sulfide) groups is 1. The van der Waals surface area contributed by atoms with Crippen LogP contribution in [0, 0.1) is 5.41 Å². The highest BCUT2D eigenvalue weighted by Crippen LogP contribution is 2.34. The number of nitrogens with zero attached hydrogens (tertiary/aromatic N) is 4. The van der Waals surface area contributed by atoms with Gasteiger partial charge in [-0.05, 0) is 107 Å². The van der Waals surface area contributed by atoms with Gasteiger partial charge in [-0.15, -0.1) is 0 Å². The molecule has 6 unspecified atom stereocenters. The first-order chi connectivity index (χ1) is 32.3. The van der Waals surface area contributed by atoms with E-state index in [9.17, 15) is 38.4 Å². The summed E-state index contributed by atoms with van der Waals surface area (Å²) in [5.74, 6) is -0.737. The first-order valence-corrected chi connectivity index (χ1v) is 24.5. The smallest absolute Gasteiger partial charge is 0.407 e. The van der Waals surface area contributed by atoms with Crippen LogP contribution in [0.1, 0.15) is 114 Å². The van der Waals surface area contributed by atoms with Crippen molar-refractivity contribution < 1.29 is 43.1 Å². The van der Waals surface area contributed by atoms with Crippen LogP contribution in [-0.4, -0.2) is 120 Å². The molecule has 7 N–H and O–H groups in total. The van der Waals surface area contributed by atoms with E-state index in [1.807, 2.05) is 30.8 Å². The van der Waals surface area contributed by atoms with Gasteiger partial charge in [0.05, 0.1) is 12.1 Å². The topological polar surface area (TPSA) is 282 Å². The van der Waals surface area contributed by atoms with Crippen molar-refractivity contribution in [1.29, 1.82) is 0 Å². The van der Waals surface area contributed by atoms with Crippen molar-refractivity contribution in [3.8, 4) is 0 Å². The van der Waals surface area contributed by atoms with E-state index in [1.165, 1.54) is 17.1 Å². The molecule has 0 bridgehead atoms. The van der Waals surface area contributed by atoms with Crippen LogP contribution in [0.2, 0.25) is 0 Å². The number of alkyl carbamates (subject to hydrolysis) is 1. The van der Waals surface area contributed by atoms with Gasteiger partial charge in [0, 0.05) is 83.9 Å². The number of urea groups is 1. The summed E-state index contributed by atoms with van der Waals surface area (Å²) in [6.45, 7) is 3.51. The first kappa shape index (κ1) is 51.9. The Bertz CT molecular complexity index is 2010. The fourth-order valence-electron chi connectivity index (χ4n) is 8.37. The minimum absolute atomic E-state index is 0.0603. The Kier molecular flexibility index (Phi) is 20.8.